The molecule has 19 heavy (non-hydrogen) atoms. The average molecular weight is 258 g/mol. The van der Waals surface area contributed by atoms with Gasteiger partial charge in [-0.1, -0.05) is 19.9 Å². The predicted molar refractivity (Wildman–Crippen MR) is 70.0 cm³/mol. The van der Waals surface area contributed by atoms with Crippen LogP contribution in [0.4, 0.5) is 4.39 Å². The van der Waals surface area contributed by atoms with Crippen LogP contribution in [-0.2, 0) is 0 Å². The molecule has 1 heterocycles. The van der Waals surface area contributed by atoms with Gasteiger partial charge in [0.25, 0.3) is 0 Å². The maximum Gasteiger partial charge on any atom is 0.143 e. The van der Waals surface area contributed by atoms with E-state index in [1.807, 2.05) is 19.9 Å². The molecular formula is C14H15FN4. The van der Waals surface area contributed by atoms with E-state index in [9.17, 15) is 4.39 Å². The molecule has 98 valence electrons. The second-order valence-electron chi connectivity index (χ2n) is 4.70. The van der Waals surface area contributed by atoms with Gasteiger partial charge in [0, 0.05) is 6.04 Å². The highest BCUT2D eigenvalue weighted by molar-refractivity contribution is 5.50. The van der Waals surface area contributed by atoms with E-state index in [1.54, 1.807) is 29.2 Å². The van der Waals surface area contributed by atoms with E-state index in [0.29, 0.717) is 5.69 Å². The lowest BCUT2D eigenvalue weighted by Crippen LogP contribution is -2.20. The van der Waals surface area contributed by atoms with Gasteiger partial charge in [-0.2, -0.15) is 5.26 Å². The SMILES string of the molecule is CC(C)C(N)c1cncn1-c1cccc(F)c1C#N. The first-order valence-electron chi connectivity index (χ1n) is 6.03. The van der Waals surface area contributed by atoms with Crippen molar-refractivity contribution in [2.75, 3.05) is 0 Å². The summed E-state index contributed by atoms with van der Waals surface area (Å²) >= 11 is 0. The zero-order valence-electron chi connectivity index (χ0n) is 10.8. The number of nitriles is 1. The topological polar surface area (TPSA) is 67.6 Å². The van der Waals surface area contributed by atoms with Crippen LogP contribution in [0, 0.1) is 23.1 Å². The quantitative estimate of drug-likeness (QED) is 0.919. The van der Waals surface area contributed by atoms with E-state index in [-0.39, 0.29) is 17.5 Å². The van der Waals surface area contributed by atoms with Crippen LogP contribution in [0.25, 0.3) is 5.69 Å². The summed E-state index contributed by atoms with van der Waals surface area (Å²) in [6.07, 6.45) is 3.20. The number of hydrogen-bond donors (Lipinski definition) is 1. The first-order chi connectivity index (χ1) is 9.06. The Morgan fingerprint density at radius 3 is 2.79 bits per heavy atom. The van der Waals surface area contributed by atoms with E-state index >= 15 is 0 Å². The van der Waals surface area contributed by atoms with Crippen molar-refractivity contribution in [2.24, 2.45) is 11.7 Å². The second kappa shape index (κ2) is 5.21. The summed E-state index contributed by atoms with van der Waals surface area (Å²) in [5.41, 5.74) is 7.34. The summed E-state index contributed by atoms with van der Waals surface area (Å²) in [5, 5.41) is 9.08. The van der Waals surface area contributed by atoms with Crippen molar-refractivity contribution in [3.63, 3.8) is 0 Å². The number of rotatable bonds is 3. The summed E-state index contributed by atoms with van der Waals surface area (Å²) in [5.74, 6) is -0.327. The number of imidazole rings is 1. The van der Waals surface area contributed by atoms with Gasteiger partial charge in [-0.15, -0.1) is 0 Å². The van der Waals surface area contributed by atoms with Crippen molar-refractivity contribution >= 4 is 0 Å². The van der Waals surface area contributed by atoms with Crippen molar-refractivity contribution in [3.8, 4) is 11.8 Å². The Bertz CT molecular complexity index is 625. The van der Waals surface area contributed by atoms with Crippen molar-refractivity contribution in [1.82, 2.24) is 9.55 Å². The van der Waals surface area contributed by atoms with E-state index in [4.69, 9.17) is 11.0 Å². The van der Waals surface area contributed by atoms with Gasteiger partial charge in [-0.05, 0) is 18.1 Å². The van der Waals surface area contributed by atoms with Gasteiger partial charge in [0.05, 0.1) is 23.9 Å². The lowest BCUT2D eigenvalue weighted by molar-refractivity contribution is 0.496. The monoisotopic (exact) mass is 258 g/mol. The minimum absolute atomic E-state index is 0.00212. The van der Waals surface area contributed by atoms with E-state index in [2.05, 4.69) is 4.98 Å². The van der Waals surface area contributed by atoms with Crippen LogP contribution < -0.4 is 5.73 Å². The molecule has 1 aromatic heterocycles. The maximum atomic E-state index is 13.6. The highest BCUT2D eigenvalue weighted by Gasteiger charge is 2.18. The first-order valence-corrected chi connectivity index (χ1v) is 6.03. The van der Waals surface area contributed by atoms with E-state index in [1.165, 1.54) is 6.07 Å². The Morgan fingerprint density at radius 1 is 1.42 bits per heavy atom. The number of halogens is 1. The van der Waals surface area contributed by atoms with Gasteiger partial charge in [-0.3, -0.25) is 0 Å². The number of nitrogens with zero attached hydrogens (tertiary/aromatic N) is 3. The Hall–Kier alpha value is -2.19. The highest BCUT2D eigenvalue weighted by atomic mass is 19.1. The summed E-state index contributed by atoms with van der Waals surface area (Å²) in [7, 11) is 0. The van der Waals surface area contributed by atoms with Crippen LogP contribution in [0.1, 0.15) is 31.1 Å². The van der Waals surface area contributed by atoms with Crippen molar-refractivity contribution in [1.29, 1.82) is 5.26 Å². The predicted octanol–water partition coefficient (Wildman–Crippen LogP) is 2.54. The molecular weight excluding hydrogens is 243 g/mol. The zero-order valence-corrected chi connectivity index (χ0v) is 10.8. The summed E-state index contributed by atoms with van der Waals surface area (Å²) in [4.78, 5) is 4.06. The Morgan fingerprint density at radius 2 is 2.16 bits per heavy atom. The molecule has 2 aromatic rings. The molecule has 5 heteroatoms. The molecule has 1 unspecified atom stereocenters. The normalized spacial score (nSPS) is 12.4. The molecule has 2 rings (SSSR count). The molecule has 0 radical (unpaired) electrons. The van der Waals surface area contributed by atoms with Crippen LogP contribution in [0.15, 0.2) is 30.7 Å². The Labute approximate surface area is 111 Å². The summed E-state index contributed by atoms with van der Waals surface area (Å²) < 4.78 is 15.3. The van der Waals surface area contributed by atoms with Crippen LogP contribution in [0.2, 0.25) is 0 Å². The summed E-state index contributed by atoms with van der Waals surface area (Å²) in [6, 6.07) is 6.17. The van der Waals surface area contributed by atoms with Crippen molar-refractivity contribution in [3.05, 3.63) is 47.8 Å². The third-order valence-corrected chi connectivity index (χ3v) is 3.09. The average Bonchev–Trinajstić information content (AvgIpc) is 2.86. The third-order valence-electron chi connectivity index (χ3n) is 3.09. The van der Waals surface area contributed by atoms with Gasteiger partial charge < -0.3 is 10.3 Å². The fourth-order valence-corrected chi connectivity index (χ4v) is 1.92. The van der Waals surface area contributed by atoms with Gasteiger partial charge >= 0.3 is 0 Å². The van der Waals surface area contributed by atoms with Crippen LogP contribution >= 0.6 is 0 Å². The fourth-order valence-electron chi connectivity index (χ4n) is 1.92. The fraction of sp³-hybridized carbons (Fsp3) is 0.286. The van der Waals surface area contributed by atoms with Crippen LogP contribution in [0.3, 0.4) is 0 Å². The minimum atomic E-state index is -0.544. The van der Waals surface area contributed by atoms with E-state index < -0.39 is 5.82 Å². The molecule has 0 aliphatic heterocycles. The Kier molecular flexibility index (Phi) is 3.63. The van der Waals surface area contributed by atoms with Gasteiger partial charge in [0.2, 0.25) is 0 Å². The van der Waals surface area contributed by atoms with Crippen LogP contribution in [0.5, 0.6) is 0 Å². The molecule has 0 amide bonds. The van der Waals surface area contributed by atoms with Gasteiger partial charge in [0.1, 0.15) is 17.4 Å². The van der Waals surface area contributed by atoms with Crippen molar-refractivity contribution < 1.29 is 4.39 Å². The molecule has 4 nitrogen and oxygen atoms in total. The van der Waals surface area contributed by atoms with Gasteiger partial charge in [-0.25, -0.2) is 9.37 Å². The number of aromatic nitrogens is 2. The molecule has 1 atom stereocenters. The number of hydrogen-bond acceptors (Lipinski definition) is 3. The number of benzene rings is 1. The molecule has 0 saturated carbocycles. The Balaban J connectivity index is 2.59. The third kappa shape index (κ3) is 2.35. The largest absolute Gasteiger partial charge is 0.322 e. The molecule has 0 saturated heterocycles. The van der Waals surface area contributed by atoms with E-state index in [0.717, 1.165) is 5.69 Å². The molecule has 0 fully saturated rings. The van der Waals surface area contributed by atoms with Crippen LogP contribution in [-0.4, -0.2) is 9.55 Å². The molecule has 2 N–H and O–H groups in total. The molecule has 0 bridgehead atoms. The second-order valence-corrected chi connectivity index (χ2v) is 4.70. The maximum absolute atomic E-state index is 13.6. The molecule has 1 aromatic carbocycles. The first kappa shape index (κ1) is 13.2. The lowest BCUT2D eigenvalue weighted by atomic mass is 10.0. The molecule has 0 aliphatic rings. The number of nitrogens with two attached hydrogens (primary N) is 1. The standard InChI is InChI=1S/C14H15FN4/c1-9(2)14(17)13-7-18-8-19(13)12-5-3-4-11(15)10(12)6-16/h3-5,7-9,14H,17H2,1-2H3. The van der Waals surface area contributed by atoms with Gasteiger partial charge in [0.15, 0.2) is 0 Å². The molecule has 0 aliphatic carbocycles. The smallest absolute Gasteiger partial charge is 0.143 e. The lowest BCUT2D eigenvalue weighted by Gasteiger charge is -2.18. The zero-order chi connectivity index (χ0) is 14.0. The van der Waals surface area contributed by atoms with Crippen molar-refractivity contribution in [2.45, 2.75) is 19.9 Å². The molecule has 0 spiro atoms. The minimum Gasteiger partial charge on any atom is -0.322 e. The summed E-state index contributed by atoms with van der Waals surface area (Å²) in [6.45, 7) is 4.00. The highest BCUT2D eigenvalue weighted by Crippen LogP contribution is 2.24.